The summed E-state index contributed by atoms with van der Waals surface area (Å²) in [6.07, 6.45) is 5.27. The Morgan fingerprint density at radius 2 is 1.88 bits per heavy atom. The zero-order valence-corrected chi connectivity index (χ0v) is 11.3. The van der Waals surface area contributed by atoms with E-state index in [1.54, 1.807) is 11.3 Å². The van der Waals surface area contributed by atoms with Crippen LogP contribution in [0.4, 0.5) is 0 Å². The molecule has 90 valence electrons. The third-order valence-corrected chi connectivity index (χ3v) is 4.98. The van der Waals surface area contributed by atoms with Crippen LogP contribution < -0.4 is 5.73 Å². The minimum atomic E-state index is 0.221. The molecule has 3 heteroatoms. The van der Waals surface area contributed by atoms with E-state index >= 15 is 0 Å². The van der Waals surface area contributed by atoms with Crippen molar-refractivity contribution in [3.8, 4) is 0 Å². The number of nitrogens with zero attached hydrogens (tertiary/aromatic N) is 1. The number of rotatable bonds is 2. The lowest BCUT2D eigenvalue weighted by Crippen LogP contribution is -2.25. The first-order chi connectivity index (χ1) is 7.58. The molecule has 0 spiro atoms. The molecule has 1 heterocycles. The van der Waals surface area contributed by atoms with Gasteiger partial charge in [0.05, 0.1) is 10.7 Å². The van der Waals surface area contributed by atoms with E-state index in [2.05, 4.69) is 25.8 Å². The van der Waals surface area contributed by atoms with E-state index in [0.29, 0.717) is 5.92 Å². The molecular weight excluding hydrogens is 216 g/mol. The second-order valence-electron chi connectivity index (χ2n) is 5.23. The number of nitrogens with two attached hydrogens (primary N) is 1. The Morgan fingerprint density at radius 3 is 2.38 bits per heavy atom. The summed E-state index contributed by atoms with van der Waals surface area (Å²) in [5, 5.41) is 1.15. The second kappa shape index (κ2) is 4.84. The van der Waals surface area contributed by atoms with E-state index in [1.165, 1.54) is 30.6 Å². The van der Waals surface area contributed by atoms with E-state index in [9.17, 15) is 0 Å². The van der Waals surface area contributed by atoms with Gasteiger partial charge in [0.15, 0.2) is 0 Å². The monoisotopic (exact) mass is 238 g/mol. The molecule has 16 heavy (non-hydrogen) atoms. The maximum Gasteiger partial charge on any atom is 0.0900 e. The molecule has 2 rings (SSSR count). The van der Waals surface area contributed by atoms with Gasteiger partial charge in [-0.05, 0) is 38.5 Å². The molecule has 1 aliphatic carbocycles. The molecule has 0 amide bonds. The topological polar surface area (TPSA) is 38.9 Å². The summed E-state index contributed by atoms with van der Waals surface area (Å²) in [5.74, 6) is 1.57. The van der Waals surface area contributed by atoms with Crippen LogP contribution in [0.2, 0.25) is 0 Å². The Labute approximate surface area is 102 Å². The van der Waals surface area contributed by atoms with Crippen molar-refractivity contribution in [2.75, 3.05) is 0 Å². The standard InChI is InChI=1S/C13H22N2S/c1-8-4-6-11(7-5-8)12(14)13-9(2)15-10(3)16-13/h8,11-12H,4-7,14H2,1-3H3. The van der Waals surface area contributed by atoms with Crippen LogP contribution in [0.1, 0.15) is 54.2 Å². The van der Waals surface area contributed by atoms with Crippen LogP contribution in [0, 0.1) is 25.7 Å². The fourth-order valence-electron chi connectivity index (χ4n) is 2.72. The van der Waals surface area contributed by atoms with Crippen molar-refractivity contribution < 1.29 is 0 Å². The first kappa shape index (κ1) is 12.1. The minimum Gasteiger partial charge on any atom is -0.323 e. The summed E-state index contributed by atoms with van der Waals surface area (Å²) in [5.41, 5.74) is 7.55. The second-order valence-corrected chi connectivity index (χ2v) is 6.46. The Hall–Kier alpha value is -0.410. The average Bonchev–Trinajstić information content (AvgIpc) is 2.58. The van der Waals surface area contributed by atoms with Gasteiger partial charge in [-0.25, -0.2) is 4.98 Å². The van der Waals surface area contributed by atoms with Crippen LogP contribution in [0.25, 0.3) is 0 Å². The molecule has 0 saturated heterocycles. The Kier molecular flexibility index (Phi) is 3.65. The normalized spacial score (nSPS) is 28.0. The largest absolute Gasteiger partial charge is 0.323 e. The van der Waals surface area contributed by atoms with Crippen LogP contribution in [0.3, 0.4) is 0 Å². The van der Waals surface area contributed by atoms with Gasteiger partial charge < -0.3 is 5.73 Å². The van der Waals surface area contributed by atoms with Crippen molar-refractivity contribution in [1.82, 2.24) is 4.98 Å². The summed E-state index contributed by atoms with van der Waals surface area (Å²) in [4.78, 5) is 5.80. The fraction of sp³-hybridized carbons (Fsp3) is 0.769. The average molecular weight is 238 g/mol. The lowest BCUT2D eigenvalue weighted by Gasteiger charge is -2.30. The number of aromatic nitrogens is 1. The molecule has 1 aromatic rings. The Bertz CT molecular complexity index is 351. The SMILES string of the molecule is Cc1nc(C)c(C(N)C2CCC(C)CC2)s1. The quantitative estimate of drug-likeness (QED) is 0.855. The zero-order chi connectivity index (χ0) is 11.7. The maximum atomic E-state index is 6.40. The fourth-order valence-corrected chi connectivity index (χ4v) is 3.74. The van der Waals surface area contributed by atoms with Gasteiger partial charge in [-0.2, -0.15) is 0 Å². The van der Waals surface area contributed by atoms with E-state index < -0.39 is 0 Å². The molecule has 1 aliphatic rings. The lowest BCUT2D eigenvalue weighted by atomic mass is 9.79. The van der Waals surface area contributed by atoms with Crippen LogP contribution >= 0.6 is 11.3 Å². The molecule has 2 N–H and O–H groups in total. The third kappa shape index (κ3) is 2.46. The van der Waals surface area contributed by atoms with E-state index in [1.807, 2.05) is 0 Å². The predicted molar refractivity (Wildman–Crippen MR) is 69.6 cm³/mol. The number of thiazole rings is 1. The van der Waals surface area contributed by atoms with Gasteiger partial charge in [0.2, 0.25) is 0 Å². The van der Waals surface area contributed by atoms with Crippen molar-refractivity contribution in [3.05, 3.63) is 15.6 Å². The summed E-state index contributed by atoms with van der Waals surface area (Å²) < 4.78 is 0. The van der Waals surface area contributed by atoms with Crippen molar-refractivity contribution in [1.29, 1.82) is 0 Å². The van der Waals surface area contributed by atoms with E-state index in [4.69, 9.17) is 5.73 Å². The lowest BCUT2D eigenvalue weighted by molar-refractivity contribution is 0.257. The molecule has 0 aliphatic heterocycles. The predicted octanol–water partition coefficient (Wildman–Crippen LogP) is 3.59. The van der Waals surface area contributed by atoms with Gasteiger partial charge in [0.25, 0.3) is 0 Å². The van der Waals surface area contributed by atoms with Crippen LogP contribution in [-0.4, -0.2) is 4.98 Å². The van der Waals surface area contributed by atoms with Gasteiger partial charge in [0.1, 0.15) is 0 Å². The van der Waals surface area contributed by atoms with Crippen molar-refractivity contribution in [2.24, 2.45) is 17.6 Å². The number of hydrogen-bond donors (Lipinski definition) is 1. The van der Waals surface area contributed by atoms with Crippen molar-refractivity contribution >= 4 is 11.3 Å². The summed E-state index contributed by atoms with van der Waals surface area (Å²) >= 11 is 1.78. The minimum absolute atomic E-state index is 0.221. The number of hydrogen-bond acceptors (Lipinski definition) is 3. The summed E-state index contributed by atoms with van der Waals surface area (Å²) in [6.45, 7) is 6.50. The van der Waals surface area contributed by atoms with Crippen molar-refractivity contribution in [2.45, 2.75) is 52.5 Å². The van der Waals surface area contributed by atoms with Gasteiger partial charge >= 0.3 is 0 Å². The van der Waals surface area contributed by atoms with Crippen molar-refractivity contribution in [3.63, 3.8) is 0 Å². The van der Waals surface area contributed by atoms with Crippen LogP contribution in [0.15, 0.2) is 0 Å². The van der Waals surface area contributed by atoms with Crippen LogP contribution in [-0.2, 0) is 0 Å². The third-order valence-electron chi connectivity index (χ3n) is 3.81. The highest BCUT2D eigenvalue weighted by atomic mass is 32.1. The zero-order valence-electron chi connectivity index (χ0n) is 10.5. The molecule has 1 aromatic heterocycles. The van der Waals surface area contributed by atoms with E-state index in [0.717, 1.165) is 16.6 Å². The molecule has 0 aromatic carbocycles. The van der Waals surface area contributed by atoms with E-state index in [-0.39, 0.29) is 6.04 Å². The summed E-state index contributed by atoms with van der Waals surface area (Å²) in [7, 11) is 0. The highest BCUT2D eigenvalue weighted by molar-refractivity contribution is 7.11. The molecule has 1 saturated carbocycles. The first-order valence-corrected chi connectivity index (χ1v) is 7.09. The molecule has 1 atom stereocenters. The molecule has 0 radical (unpaired) electrons. The van der Waals surface area contributed by atoms with Crippen LogP contribution in [0.5, 0.6) is 0 Å². The smallest absolute Gasteiger partial charge is 0.0900 e. The summed E-state index contributed by atoms with van der Waals surface area (Å²) in [6, 6.07) is 0.221. The molecule has 2 nitrogen and oxygen atoms in total. The highest BCUT2D eigenvalue weighted by Crippen LogP contribution is 2.38. The maximum absolute atomic E-state index is 6.40. The Balaban J connectivity index is 2.07. The molecular formula is C13H22N2S. The van der Waals surface area contributed by atoms with Gasteiger partial charge in [-0.3, -0.25) is 0 Å². The Morgan fingerprint density at radius 1 is 1.25 bits per heavy atom. The molecule has 1 fully saturated rings. The first-order valence-electron chi connectivity index (χ1n) is 6.27. The number of aryl methyl sites for hydroxylation is 2. The van der Waals surface area contributed by atoms with Gasteiger partial charge in [-0.1, -0.05) is 19.8 Å². The molecule has 0 bridgehead atoms. The highest BCUT2D eigenvalue weighted by Gasteiger charge is 2.26. The van der Waals surface area contributed by atoms with Gasteiger partial charge in [-0.15, -0.1) is 11.3 Å². The molecule has 1 unspecified atom stereocenters. The van der Waals surface area contributed by atoms with Gasteiger partial charge in [0, 0.05) is 10.9 Å².